The minimum absolute atomic E-state index is 0.490. The Labute approximate surface area is 167 Å². The van der Waals surface area contributed by atoms with Crippen LogP contribution in [0.25, 0.3) is 11.6 Å². The average molecular weight is 420 g/mol. The monoisotopic (exact) mass is 419 g/mol. The van der Waals surface area contributed by atoms with E-state index in [0.29, 0.717) is 12.2 Å². The molecule has 0 aliphatic heterocycles. The Bertz CT molecular complexity index is 971. The first-order valence-corrected chi connectivity index (χ1v) is 9.21. The van der Waals surface area contributed by atoms with Gasteiger partial charge in [0.15, 0.2) is 0 Å². The number of rotatable bonds is 6. The molecule has 3 rings (SSSR count). The van der Waals surface area contributed by atoms with Gasteiger partial charge in [-0.1, -0.05) is 40.2 Å². The molecule has 134 valence electrons. The van der Waals surface area contributed by atoms with Gasteiger partial charge in [-0.3, -0.25) is 0 Å². The van der Waals surface area contributed by atoms with Gasteiger partial charge in [-0.05, 0) is 71.3 Å². The van der Waals surface area contributed by atoms with Crippen LogP contribution in [0.1, 0.15) is 16.7 Å². The predicted octanol–water partition coefficient (Wildman–Crippen LogP) is 6.10. The fourth-order valence-corrected chi connectivity index (χ4v) is 2.82. The standard InChI is InChI=1S/C23H18BrNO2/c1-26-22-11-7-19(8-12-22)20(15-25)13-18-3-2-4-23(14-18)27-16-17-5-9-21(24)10-6-17/h2-14H,16H2,1H3/b20-13+. The van der Waals surface area contributed by atoms with Crippen LogP contribution in [0, 0.1) is 11.3 Å². The molecule has 3 aromatic carbocycles. The van der Waals surface area contributed by atoms with Crippen molar-refractivity contribution in [3.05, 3.63) is 94.0 Å². The van der Waals surface area contributed by atoms with Gasteiger partial charge in [-0.25, -0.2) is 0 Å². The number of halogens is 1. The van der Waals surface area contributed by atoms with E-state index >= 15 is 0 Å². The molecule has 0 radical (unpaired) electrons. The van der Waals surface area contributed by atoms with Crippen molar-refractivity contribution in [1.29, 1.82) is 5.26 Å². The Morgan fingerprint density at radius 2 is 1.74 bits per heavy atom. The molecule has 0 N–H and O–H groups in total. The number of ether oxygens (including phenoxy) is 2. The van der Waals surface area contributed by atoms with Crippen LogP contribution in [0.2, 0.25) is 0 Å². The third-order valence-electron chi connectivity index (χ3n) is 4.01. The molecule has 0 unspecified atom stereocenters. The summed E-state index contributed by atoms with van der Waals surface area (Å²) in [4.78, 5) is 0. The van der Waals surface area contributed by atoms with Gasteiger partial charge < -0.3 is 9.47 Å². The van der Waals surface area contributed by atoms with Crippen LogP contribution in [0.3, 0.4) is 0 Å². The second kappa shape index (κ2) is 9.07. The van der Waals surface area contributed by atoms with Gasteiger partial charge in [0.05, 0.1) is 18.8 Å². The largest absolute Gasteiger partial charge is 0.497 e. The molecule has 0 aliphatic carbocycles. The van der Waals surface area contributed by atoms with Gasteiger partial charge >= 0.3 is 0 Å². The van der Waals surface area contributed by atoms with E-state index in [2.05, 4.69) is 22.0 Å². The maximum Gasteiger partial charge on any atom is 0.120 e. The summed E-state index contributed by atoms with van der Waals surface area (Å²) in [6, 6.07) is 25.4. The molecule has 0 aliphatic rings. The lowest BCUT2D eigenvalue weighted by Gasteiger charge is -2.08. The second-order valence-electron chi connectivity index (χ2n) is 5.89. The summed E-state index contributed by atoms with van der Waals surface area (Å²) in [7, 11) is 1.62. The van der Waals surface area contributed by atoms with Crippen LogP contribution in [0.4, 0.5) is 0 Å². The Morgan fingerprint density at radius 3 is 2.41 bits per heavy atom. The first kappa shape index (κ1) is 18.8. The van der Waals surface area contributed by atoms with Crippen LogP contribution < -0.4 is 9.47 Å². The maximum absolute atomic E-state index is 9.53. The van der Waals surface area contributed by atoms with Gasteiger partial charge in [-0.15, -0.1) is 0 Å². The highest BCUT2D eigenvalue weighted by atomic mass is 79.9. The van der Waals surface area contributed by atoms with E-state index in [0.717, 1.165) is 32.7 Å². The van der Waals surface area contributed by atoms with Crippen LogP contribution in [0.5, 0.6) is 11.5 Å². The second-order valence-corrected chi connectivity index (χ2v) is 6.80. The van der Waals surface area contributed by atoms with Crippen molar-refractivity contribution in [2.75, 3.05) is 7.11 Å². The van der Waals surface area contributed by atoms with Crippen molar-refractivity contribution >= 4 is 27.6 Å². The fraction of sp³-hybridized carbons (Fsp3) is 0.0870. The Kier molecular flexibility index (Phi) is 6.30. The van der Waals surface area contributed by atoms with Crippen molar-refractivity contribution in [2.24, 2.45) is 0 Å². The smallest absolute Gasteiger partial charge is 0.120 e. The molecule has 0 fully saturated rings. The van der Waals surface area contributed by atoms with Crippen LogP contribution in [-0.4, -0.2) is 7.11 Å². The molecule has 27 heavy (non-hydrogen) atoms. The highest BCUT2D eigenvalue weighted by Gasteiger charge is 2.03. The van der Waals surface area contributed by atoms with Crippen LogP contribution in [-0.2, 0) is 6.61 Å². The van der Waals surface area contributed by atoms with Gasteiger partial charge in [0.25, 0.3) is 0 Å². The van der Waals surface area contributed by atoms with E-state index in [4.69, 9.17) is 9.47 Å². The number of benzene rings is 3. The summed E-state index contributed by atoms with van der Waals surface area (Å²) in [6.07, 6.45) is 1.86. The molecule has 0 saturated carbocycles. The molecule has 4 heteroatoms. The molecule has 0 aromatic heterocycles. The first-order chi connectivity index (χ1) is 13.2. The predicted molar refractivity (Wildman–Crippen MR) is 111 cm³/mol. The van der Waals surface area contributed by atoms with Gasteiger partial charge in [0, 0.05) is 4.47 Å². The summed E-state index contributed by atoms with van der Waals surface area (Å²) in [5, 5.41) is 9.53. The Hall–Kier alpha value is -3.03. The summed E-state index contributed by atoms with van der Waals surface area (Å²) < 4.78 is 12.1. The molecule has 3 nitrogen and oxygen atoms in total. The quantitative estimate of drug-likeness (QED) is 0.357. The van der Waals surface area contributed by atoms with Gasteiger partial charge in [0.2, 0.25) is 0 Å². The van der Waals surface area contributed by atoms with Gasteiger partial charge in [0.1, 0.15) is 18.1 Å². The van der Waals surface area contributed by atoms with E-state index in [-0.39, 0.29) is 0 Å². The van der Waals surface area contributed by atoms with Crippen molar-refractivity contribution < 1.29 is 9.47 Å². The molecule has 0 spiro atoms. The maximum atomic E-state index is 9.53. The third-order valence-corrected chi connectivity index (χ3v) is 4.54. The lowest BCUT2D eigenvalue weighted by Crippen LogP contribution is -1.95. The third kappa shape index (κ3) is 5.22. The summed E-state index contributed by atoms with van der Waals surface area (Å²) in [6.45, 7) is 0.490. The zero-order valence-corrected chi connectivity index (χ0v) is 16.4. The highest BCUT2D eigenvalue weighted by molar-refractivity contribution is 9.10. The van der Waals surface area contributed by atoms with E-state index in [1.165, 1.54) is 0 Å². The highest BCUT2D eigenvalue weighted by Crippen LogP contribution is 2.23. The van der Waals surface area contributed by atoms with Crippen molar-refractivity contribution in [1.82, 2.24) is 0 Å². The average Bonchev–Trinajstić information content (AvgIpc) is 2.72. The molecule has 3 aromatic rings. The van der Waals surface area contributed by atoms with Crippen LogP contribution in [0.15, 0.2) is 77.3 Å². The number of nitriles is 1. The van der Waals surface area contributed by atoms with Crippen molar-refractivity contribution in [2.45, 2.75) is 6.61 Å². The zero-order chi connectivity index (χ0) is 19.1. The minimum atomic E-state index is 0.490. The Morgan fingerprint density at radius 1 is 1.00 bits per heavy atom. The lowest BCUT2D eigenvalue weighted by atomic mass is 10.0. The number of methoxy groups -OCH3 is 1. The zero-order valence-electron chi connectivity index (χ0n) is 14.9. The normalized spacial score (nSPS) is 10.9. The summed E-state index contributed by atoms with van der Waals surface area (Å²) in [5.74, 6) is 1.53. The molecule has 0 amide bonds. The van der Waals surface area contributed by atoms with E-state index in [9.17, 15) is 5.26 Å². The molecule has 0 atom stereocenters. The number of hydrogen-bond acceptors (Lipinski definition) is 3. The van der Waals surface area contributed by atoms with E-state index in [1.54, 1.807) is 7.11 Å². The van der Waals surface area contributed by atoms with E-state index < -0.39 is 0 Å². The van der Waals surface area contributed by atoms with E-state index in [1.807, 2.05) is 78.9 Å². The molecular weight excluding hydrogens is 402 g/mol. The number of nitrogens with zero attached hydrogens (tertiary/aromatic N) is 1. The number of hydrogen-bond donors (Lipinski definition) is 0. The Balaban J connectivity index is 1.75. The first-order valence-electron chi connectivity index (χ1n) is 8.41. The van der Waals surface area contributed by atoms with Crippen LogP contribution >= 0.6 is 15.9 Å². The number of allylic oxidation sites excluding steroid dienone is 1. The van der Waals surface area contributed by atoms with Crippen molar-refractivity contribution in [3.8, 4) is 17.6 Å². The topological polar surface area (TPSA) is 42.2 Å². The molecule has 0 saturated heterocycles. The molecule has 0 heterocycles. The summed E-state index contributed by atoms with van der Waals surface area (Å²) in [5.41, 5.74) is 3.44. The molecular formula is C23H18BrNO2. The minimum Gasteiger partial charge on any atom is -0.497 e. The SMILES string of the molecule is COc1ccc(/C(C#N)=C/c2cccc(OCc3ccc(Br)cc3)c2)cc1. The van der Waals surface area contributed by atoms with Crippen molar-refractivity contribution in [3.63, 3.8) is 0 Å². The van der Waals surface area contributed by atoms with Gasteiger partial charge in [-0.2, -0.15) is 5.26 Å². The molecule has 0 bridgehead atoms. The fourth-order valence-electron chi connectivity index (χ4n) is 2.56. The summed E-state index contributed by atoms with van der Waals surface area (Å²) >= 11 is 3.43. The lowest BCUT2D eigenvalue weighted by molar-refractivity contribution is 0.306.